The maximum absolute atomic E-state index is 6.06. The third-order valence-electron chi connectivity index (χ3n) is 2.65. The molecule has 0 aliphatic carbocycles. The molecule has 0 saturated heterocycles. The van der Waals surface area contributed by atoms with E-state index in [1.165, 1.54) is 0 Å². The Kier molecular flexibility index (Phi) is 2.78. The SMILES string of the molecule is Clc1ccc(-c2nn[nH]n2)c(-c2ccccc2)c1. The molecule has 4 nitrogen and oxygen atoms in total. The fraction of sp³-hybridized carbons (Fsp3) is 0. The molecule has 0 unspecified atom stereocenters. The number of nitrogens with zero attached hydrogens (tertiary/aromatic N) is 3. The van der Waals surface area contributed by atoms with Crippen LogP contribution in [0.3, 0.4) is 0 Å². The molecule has 0 saturated carbocycles. The van der Waals surface area contributed by atoms with E-state index in [0.29, 0.717) is 10.8 Å². The van der Waals surface area contributed by atoms with Crippen LogP contribution in [0.2, 0.25) is 5.02 Å². The van der Waals surface area contributed by atoms with E-state index in [2.05, 4.69) is 20.6 Å². The van der Waals surface area contributed by atoms with Gasteiger partial charge in [0, 0.05) is 10.6 Å². The van der Waals surface area contributed by atoms with Gasteiger partial charge in [-0.1, -0.05) is 41.9 Å². The first kappa shape index (κ1) is 10.9. The topological polar surface area (TPSA) is 54.5 Å². The van der Waals surface area contributed by atoms with Gasteiger partial charge in [0.05, 0.1) is 0 Å². The second-order valence-electron chi connectivity index (χ2n) is 3.79. The lowest BCUT2D eigenvalue weighted by atomic mass is 9.99. The third-order valence-corrected chi connectivity index (χ3v) is 2.89. The first-order valence-electron chi connectivity index (χ1n) is 5.43. The summed E-state index contributed by atoms with van der Waals surface area (Å²) in [6, 6.07) is 15.6. The molecule has 0 radical (unpaired) electrons. The molecule has 3 rings (SSSR count). The second kappa shape index (κ2) is 4.58. The predicted octanol–water partition coefficient (Wildman–Crippen LogP) is 3.19. The Balaban J connectivity index is 2.22. The van der Waals surface area contributed by atoms with E-state index in [0.717, 1.165) is 16.7 Å². The maximum atomic E-state index is 6.06. The zero-order valence-corrected chi connectivity index (χ0v) is 10.1. The maximum Gasteiger partial charge on any atom is 0.205 e. The van der Waals surface area contributed by atoms with Crippen molar-refractivity contribution in [2.75, 3.05) is 0 Å². The minimum Gasteiger partial charge on any atom is -0.177 e. The fourth-order valence-electron chi connectivity index (χ4n) is 1.84. The van der Waals surface area contributed by atoms with Gasteiger partial charge in [0.25, 0.3) is 0 Å². The van der Waals surface area contributed by atoms with Crippen LogP contribution in [0.4, 0.5) is 0 Å². The van der Waals surface area contributed by atoms with Gasteiger partial charge in [-0.25, -0.2) is 0 Å². The van der Waals surface area contributed by atoms with Gasteiger partial charge < -0.3 is 0 Å². The number of hydrogen-bond acceptors (Lipinski definition) is 3. The Morgan fingerprint density at radius 1 is 0.944 bits per heavy atom. The van der Waals surface area contributed by atoms with Crippen LogP contribution in [0.5, 0.6) is 0 Å². The summed E-state index contributed by atoms with van der Waals surface area (Å²) in [6.45, 7) is 0. The molecule has 2 aromatic carbocycles. The monoisotopic (exact) mass is 256 g/mol. The van der Waals surface area contributed by atoms with Crippen LogP contribution in [0.15, 0.2) is 48.5 Å². The van der Waals surface area contributed by atoms with Gasteiger partial charge in [-0.05, 0) is 34.5 Å². The first-order chi connectivity index (χ1) is 8.84. The lowest BCUT2D eigenvalue weighted by molar-refractivity contribution is 0.881. The van der Waals surface area contributed by atoms with E-state index < -0.39 is 0 Å². The number of hydrogen-bond donors (Lipinski definition) is 1. The highest BCUT2D eigenvalue weighted by Gasteiger charge is 2.11. The van der Waals surface area contributed by atoms with E-state index in [4.69, 9.17) is 11.6 Å². The van der Waals surface area contributed by atoms with E-state index >= 15 is 0 Å². The summed E-state index contributed by atoms with van der Waals surface area (Å²) >= 11 is 6.06. The summed E-state index contributed by atoms with van der Waals surface area (Å²) in [4.78, 5) is 0. The molecule has 0 aliphatic rings. The zero-order chi connectivity index (χ0) is 12.4. The average molecular weight is 257 g/mol. The Bertz CT molecular complexity index is 650. The molecule has 0 spiro atoms. The van der Waals surface area contributed by atoms with Gasteiger partial charge in [-0.15, -0.1) is 10.2 Å². The molecule has 0 amide bonds. The van der Waals surface area contributed by atoms with Crippen molar-refractivity contribution < 1.29 is 0 Å². The molecule has 88 valence electrons. The van der Waals surface area contributed by atoms with Gasteiger partial charge in [0.1, 0.15) is 0 Å². The Labute approximate surface area is 109 Å². The molecular weight excluding hydrogens is 248 g/mol. The van der Waals surface area contributed by atoms with E-state index in [1.54, 1.807) is 0 Å². The highest BCUT2D eigenvalue weighted by Crippen LogP contribution is 2.31. The smallest absolute Gasteiger partial charge is 0.177 e. The van der Waals surface area contributed by atoms with Crippen molar-refractivity contribution in [3.05, 3.63) is 53.6 Å². The molecule has 5 heteroatoms. The van der Waals surface area contributed by atoms with Gasteiger partial charge in [-0.2, -0.15) is 5.21 Å². The minimum atomic E-state index is 0.561. The zero-order valence-electron chi connectivity index (χ0n) is 9.34. The Morgan fingerprint density at radius 2 is 1.78 bits per heavy atom. The average Bonchev–Trinajstić information content (AvgIpc) is 2.93. The number of aromatic amines is 1. The van der Waals surface area contributed by atoms with Crippen molar-refractivity contribution in [2.24, 2.45) is 0 Å². The van der Waals surface area contributed by atoms with E-state index in [9.17, 15) is 0 Å². The molecule has 1 aromatic heterocycles. The number of halogens is 1. The van der Waals surface area contributed by atoms with Crippen molar-refractivity contribution in [1.29, 1.82) is 0 Å². The number of H-pyrrole nitrogens is 1. The highest BCUT2D eigenvalue weighted by molar-refractivity contribution is 6.31. The minimum absolute atomic E-state index is 0.561. The van der Waals surface area contributed by atoms with Gasteiger partial charge in [0.2, 0.25) is 5.82 Å². The van der Waals surface area contributed by atoms with Crippen LogP contribution < -0.4 is 0 Å². The Morgan fingerprint density at radius 3 is 2.50 bits per heavy atom. The van der Waals surface area contributed by atoms with Crippen LogP contribution in [0, 0.1) is 0 Å². The number of rotatable bonds is 2. The lowest BCUT2D eigenvalue weighted by Gasteiger charge is -2.07. The van der Waals surface area contributed by atoms with E-state index in [-0.39, 0.29) is 0 Å². The van der Waals surface area contributed by atoms with Gasteiger partial charge in [0.15, 0.2) is 0 Å². The molecule has 3 aromatic rings. The summed E-state index contributed by atoms with van der Waals surface area (Å²) in [5.74, 6) is 0.561. The van der Waals surface area contributed by atoms with Crippen LogP contribution in [-0.4, -0.2) is 20.6 Å². The van der Waals surface area contributed by atoms with Crippen LogP contribution in [-0.2, 0) is 0 Å². The van der Waals surface area contributed by atoms with Gasteiger partial charge in [-0.3, -0.25) is 0 Å². The molecule has 0 aliphatic heterocycles. The van der Waals surface area contributed by atoms with Crippen molar-refractivity contribution >= 4 is 11.6 Å². The number of tetrazole rings is 1. The largest absolute Gasteiger partial charge is 0.205 e. The highest BCUT2D eigenvalue weighted by atomic mass is 35.5. The number of nitrogens with one attached hydrogen (secondary N) is 1. The lowest BCUT2D eigenvalue weighted by Crippen LogP contribution is -1.87. The van der Waals surface area contributed by atoms with Crippen molar-refractivity contribution in [1.82, 2.24) is 20.6 Å². The third kappa shape index (κ3) is 1.98. The van der Waals surface area contributed by atoms with Gasteiger partial charge >= 0.3 is 0 Å². The molecule has 1 heterocycles. The number of aromatic nitrogens is 4. The molecule has 0 fully saturated rings. The predicted molar refractivity (Wildman–Crippen MR) is 70.1 cm³/mol. The summed E-state index contributed by atoms with van der Waals surface area (Å²) in [5.41, 5.74) is 2.96. The summed E-state index contributed by atoms with van der Waals surface area (Å²) in [6.07, 6.45) is 0. The molecule has 0 atom stereocenters. The number of benzene rings is 2. The first-order valence-corrected chi connectivity index (χ1v) is 5.81. The summed E-state index contributed by atoms with van der Waals surface area (Å²) in [7, 11) is 0. The Hall–Kier alpha value is -2.20. The molecular formula is C13H9ClN4. The molecule has 1 N–H and O–H groups in total. The van der Waals surface area contributed by atoms with Crippen LogP contribution in [0.25, 0.3) is 22.5 Å². The fourth-order valence-corrected chi connectivity index (χ4v) is 2.02. The molecule has 0 bridgehead atoms. The van der Waals surface area contributed by atoms with Crippen LogP contribution >= 0.6 is 11.6 Å². The quantitative estimate of drug-likeness (QED) is 0.766. The molecule has 18 heavy (non-hydrogen) atoms. The van der Waals surface area contributed by atoms with E-state index in [1.807, 2.05) is 48.5 Å². The summed E-state index contributed by atoms with van der Waals surface area (Å²) < 4.78 is 0. The van der Waals surface area contributed by atoms with Crippen molar-refractivity contribution in [3.8, 4) is 22.5 Å². The summed E-state index contributed by atoms with van der Waals surface area (Å²) in [5, 5.41) is 14.8. The standard InChI is InChI=1S/C13H9ClN4/c14-10-6-7-11(13-15-17-18-16-13)12(8-10)9-4-2-1-3-5-9/h1-8H,(H,15,16,17,18). The van der Waals surface area contributed by atoms with Crippen LogP contribution in [0.1, 0.15) is 0 Å². The second-order valence-corrected chi connectivity index (χ2v) is 4.23. The normalized spacial score (nSPS) is 10.5. The van der Waals surface area contributed by atoms with Crippen molar-refractivity contribution in [3.63, 3.8) is 0 Å². The van der Waals surface area contributed by atoms with Crippen molar-refractivity contribution in [2.45, 2.75) is 0 Å².